The standard InChI is InChI=1S/C13H24S3/c1-9-8-11(15)4-7-13(9)16-12-5-2-10(14)3-6-12/h9-15H,2-8H2,1H3. The molecule has 0 aliphatic heterocycles. The van der Waals surface area contributed by atoms with E-state index >= 15 is 0 Å². The minimum atomic E-state index is 0.667. The van der Waals surface area contributed by atoms with Crippen molar-refractivity contribution in [1.29, 1.82) is 0 Å². The van der Waals surface area contributed by atoms with Gasteiger partial charge in [0.25, 0.3) is 0 Å². The Labute approximate surface area is 116 Å². The molecule has 2 fully saturated rings. The third-order valence-corrected chi connectivity index (χ3v) is 6.97. The summed E-state index contributed by atoms with van der Waals surface area (Å²) in [5.74, 6) is 0.870. The molecule has 94 valence electrons. The van der Waals surface area contributed by atoms with Crippen LogP contribution in [0.25, 0.3) is 0 Å². The fourth-order valence-corrected chi connectivity index (χ4v) is 5.44. The monoisotopic (exact) mass is 276 g/mol. The molecule has 2 aliphatic rings. The Balaban J connectivity index is 1.76. The molecule has 0 radical (unpaired) electrons. The molecule has 0 aromatic carbocycles. The Morgan fingerprint density at radius 3 is 2.12 bits per heavy atom. The lowest BCUT2D eigenvalue weighted by atomic mass is 9.90. The van der Waals surface area contributed by atoms with Crippen LogP contribution in [0.1, 0.15) is 51.9 Å². The van der Waals surface area contributed by atoms with Crippen LogP contribution in [0.4, 0.5) is 0 Å². The van der Waals surface area contributed by atoms with Gasteiger partial charge in [-0.05, 0) is 50.9 Å². The average Bonchev–Trinajstić information content (AvgIpc) is 2.25. The van der Waals surface area contributed by atoms with Gasteiger partial charge in [0.05, 0.1) is 0 Å². The fraction of sp³-hybridized carbons (Fsp3) is 1.00. The first-order chi connectivity index (χ1) is 7.65. The Kier molecular flexibility index (Phi) is 5.30. The van der Waals surface area contributed by atoms with Crippen molar-refractivity contribution in [3.8, 4) is 0 Å². The number of hydrogen-bond donors (Lipinski definition) is 2. The molecule has 3 atom stereocenters. The van der Waals surface area contributed by atoms with E-state index in [0.29, 0.717) is 10.5 Å². The second-order valence-corrected chi connectivity index (χ2v) is 8.55. The van der Waals surface area contributed by atoms with Gasteiger partial charge in [0, 0.05) is 21.0 Å². The predicted octanol–water partition coefficient (Wildman–Crippen LogP) is 4.45. The molecule has 0 aromatic rings. The molecule has 0 N–H and O–H groups in total. The fourth-order valence-electron chi connectivity index (χ4n) is 2.97. The number of hydrogen-bond acceptors (Lipinski definition) is 3. The van der Waals surface area contributed by atoms with Gasteiger partial charge >= 0.3 is 0 Å². The van der Waals surface area contributed by atoms with Crippen molar-refractivity contribution in [2.24, 2.45) is 5.92 Å². The van der Waals surface area contributed by atoms with E-state index in [1.807, 2.05) is 0 Å². The first-order valence-electron chi connectivity index (χ1n) is 6.66. The third kappa shape index (κ3) is 3.78. The Morgan fingerprint density at radius 1 is 0.875 bits per heavy atom. The summed E-state index contributed by atoms with van der Waals surface area (Å²) in [6.45, 7) is 2.42. The van der Waals surface area contributed by atoms with Gasteiger partial charge in [0.1, 0.15) is 0 Å². The number of thioether (sulfide) groups is 1. The van der Waals surface area contributed by atoms with Crippen LogP contribution >= 0.6 is 37.0 Å². The van der Waals surface area contributed by atoms with Crippen molar-refractivity contribution in [2.75, 3.05) is 0 Å². The smallest absolute Gasteiger partial charge is 0.00762 e. The molecule has 0 heterocycles. The summed E-state index contributed by atoms with van der Waals surface area (Å²) in [6, 6.07) is 0. The summed E-state index contributed by atoms with van der Waals surface area (Å²) in [4.78, 5) is 0. The molecule has 16 heavy (non-hydrogen) atoms. The van der Waals surface area contributed by atoms with Crippen molar-refractivity contribution in [3.05, 3.63) is 0 Å². The molecule has 0 nitrogen and oxygen atoms in total. The highest BCUT2D eigenvalue weighted by atomic mass is 32.2. The zero-order valence-corrected chi connectivity index (χ0v) is 12.7. The molecular formula is C13H24S3. The van der Waals surface area contributed by atoms with E-state index in [2.05, 4.69) is 43.9 Å². The molecular weight excluding hydrogens is 252 g/mol. The second kappa shape index (κ2) is 6.29. The summed E-state index contributed by atoms with van der Waals surface area (Å²) in [6.07, 6.45) is 9.49. The highest BCUT2D eigenvalue weighted by molar-refractivity contribution is 8.00. The molecule has 0 spiro atoms. The van der Waals surface area contributed by atoms with Gasteiger partial charge in [-0.3, -0.25) is 0 Å². The molecule has 0 bridgehead atoms. The molecule has 3 heteroatoms. The zero-order chi connectivity index (χ0) is 11.5. The largest absolute Gasteiger partial charge is 0.176 e. The van der Waals surface area contributed by atoms with E-state index in [4.69, 9.17) is 0 Å². The minimum Gasteiger partial charge on any atom is -0.176 e. The maximum atomic E-state index is 4.62. The molecule has 0 amide bonds. The van der Waals surface area contributed by atoms with Crippen LogP contribution in [0.2, 0.25) is 0 Å². The van der Waals surface area contributed by atoms with Crippen molar-refractivity contribution in [1.82, 2.24) is 0 Å². The van der Waals surface area contributed by atoms with Gasteiger partial charge in [0.2, 0.25) is 0 Å². The van der Waals surface area contributed by atoms with Gasteiger partial charge in [-0.25, -0.2) is 0 Å². The van der Waals surface area contributed by atoms with Crippen molar-refractivity contribution < 1.29 is 0 Å². The molecule has 0 aromatic heterocycles. The van der Waals surface area contributed by atoms with Crippen LogP contribution in [0.5, 0.6) is 0 Å². The van der Waals surface area contributed by atoms with Crippen LogP contribution in [-0.2, 0) is 0 Å². The van der Waals surface area contributed by atoms with Crippen molar-refractivity contribution >= 4 is 37.0 Å². The van der Waals surface area contributed by atoms with Crippen LogP contribution in [-0.4, -0.2) is 21.0 Å². The molecule has 2 rings (SSSR count). The topological polar surface area (TPSA) is 0 Å². The first kappa shape index (κ1) is 13.5. The van der Waals surface area contributed by atoms with Gasteiger partial charge in [-0.1, -0.05) is 6.92 Å². The first-order valence-corrected chi connectivity index (χ1v) is 8.64. The van der Waals surface area contributed by atoms with Crippen molar-refractivity contribution in [2.45, 2.75) is 72.9 Å². The molecule has 2 saturated carbocycles. The maximum absolute atomic E-state index is 4.62. The zero-order valence-electron chi connectivity index (χ0n) is 10.1. The van der Waals surface area contributed by atoms with Crippen LogP contribution in [0.15, 0.2) is 0 Å². The lowest BCUT2D eigenvalue weighted by molar-refractivity contribution is 0.405. The van der Waals surface area contributed by atoms with E-state index < -0.39 is 0 Å². The van der Waals surface area contributed by atoms with Crippen molar-refractivity contribution in [3.63, 3.8) is 0 Å². The third-order valence-electron chi connectivity index (χ3n) is 4.07. The quantitative estimate of drug-likeness (QED) is 0.703. The van der Waals surface area contributed by atoms with E-state index in [-0.39, 0.29) is 0 Å². The lowest BCUT2D eigenvalue weighted by Crippen LogP contribution is -2.28. The van der Waals surface area contributed by atoms with Gasteiger partial charge < -0.3 is 0 Å². The number of rotatable bonds is 2. The summed E-state index contributed by atoms with van der Waals surface area (Å²) in [5.41, 5.74) is 0. The van der Waals surface area contributed by atoms with E-state index in [0.717, 1.165) is 16.4 Å². The van der Waals surface area contributed by atoms with Crippen LogP contribution < -0.4 is 0 Å². The Bertz CT molecular complexity index is 211. The van der Waals surface area contributed by atoms with Gasteiger partial charge in [0.15, 0.2) is 0 Å². The van der Waals surface area contributed by atoms with E-state index in [1.165, 1.54) is 44.9 Å². The molecule has 3 unspecified atom stereocenters. The highest BCUT2D eigenvalue weighted by Crippen LogP contribution is 2.41. The van der Waals surface area contributed by atoms with E-state index in [9.17, 15) is 0 Å². The normalized spacial score (nSPS) is 45.6. The SMILES string of the molecule is CC1CC(S)CCC1SC1CCC(S)CC1. The molecule has 2 aliphatic carbocycles. The van der Waals surface area contributed by atoms with E-state index in [1.54, 1.807) is 0 Å². The minimum absolute atomic E-state index is 0.667. The second-order valence-electron chi connectivity index (χ2n) is 5.55. The van der Waals surface area contributed by atoms with Crippen LogP contribution in [0, 0.1) is 5.92 Å². The van der Waals surface area contributed by atoms with Crippen LogP contribution in [0.3, 0.4) is 0 Å². The lowest BCUT2D eigenvalue weighted by Gasteiger charge is -2.35. The Morgan fingerprint density at radius 2 is 1.50 bits per heavy atom. The maximum Gasteiger partial charge on any atom is 0.00762 e. The van der Waals surface area contributed by atoms with Gasteiger partial charge in [-0.15, -0.1) is 0 Å². The summed E-state index contributed by atoms with van der Waals surface area (Å²) in [7, 11) is 0. The van der Waals surface area contributed by atoms with Gasteiger partial charge in [-0.2, -0.15) is 37.0 Å². The summed E-state index contributed by atoms with van der Waals surface area (Å²) >= 11 is 11.5. The summed E-state index contributed by atoms with van der Waals surface area (Å²) < 4.78 is 0. The predicted molar refractivity (Wildman–Crippen MR) is 82.2 cm³/mol. The average molecular weight is 277 g/mol. The highest BCUT2D eigenvalue weighted by Gasteiger charge is 2.29. The Hall–Kier alpha value is 1.05. The molecule has 0 saturated heterocycles. The summed E-state index contributed by atoms with van der Waals surface area (Å²) in [5, 5.41) is 3.18. The number of thiol groups is 2.